The van der Waals surface area contributed by atoms with E-state index in [-0.39, 0.29) is 0 Å². The highest BCUT2D eigenvalue weighted by Crippen LogP contribution is 2.13. The van der Waals surface area contributed by atoms with E-state index in [0.29, 0.717) is 11.2 Å². The Morgan fingerprint density at radius 3 is 2.94 bits per heavy atom. The van der Waals surface area contributed by atoms with Crippen molar-refractivity contribution in [1.82, 2.24) is 14.6 Å². The molecule has 0 aromatic carbocycles. The summed E-state index contributed by atoms with van der Waals surface area (Å²) in [6.07, 6.45) is 2.40. The van der Waals surface area contributed by atoms with Gasteiger partial charge in [0.25, 0.3) is 0 Å². The van der Waals surface area contributed by atoms with Gasteiger partial charge in [-0.15, -0.1) is 10.2 Å². The number of hydrogen-bond donors (Lipinski definition) is 2. The summed E-state index contributed by atoms with van der Waals surface area (Å²) in [6.45, 7) is 1.96. The molecule has 84 valence electrons. The Hall–Kier alpha value is -1.95. The van der Waals surface area contributed by atoms with Gasteiger partial charge in [-0.05, 0) is 11.6 Å². The lowest BCUT2D eigenvalue weighted by Gasteiger charge is -2.07. The van der Waals surface area contributed by atoms with Crippen molar-refractivity contribution >= 4 is 11.6 Å². The van der Waals surface area contributed by atoms with E-state index >= 15 is 0 Å². The van der Waals surface area contributed by atoms with E-state index in [2.05, 4.69) is 10.2 Å². The number of pyridine rings is 1. The van der Waals surface area contributed by atoms with Gasteiger partial charge in [0.2, 0.25) is 0 Å². The van der Waals surface area contributed by atoms with Gasteiger partial charge in [-0.1, -0.05) is 13.0 Å². The third-order valence-corrected chi connectivity index (χ3v) is 2.44. The number of hydrogen-bond acceptors (Lipinski definition) is 4. The average Bonchev–Trinajstić information content (AvgIpc) is 2.69. The number of fused-ring (bicyclic) bond motifs is 1. The smallest absolute Gasteiger partial charge is 0.325 e. The van der Waals surface area contributed by atoms with Crippen LogP contribution in [0.15, 0.2) is 18.3 Å². The Balaban J connectivity index is 2.53. The molecule has 6 heteroatoms. The summed E-state index contributed by atoms with van der Waals surface area (Å²) in [5.41, 5.74) is 6.76. The fourth-order valence-corrected chi connectivity index (χ4v) is 1.52. The summed E-state index contributed by atoms with van der Waals surface area (Å²) in [6, 6.07) is 2.35. The van der Waals surface area contributed by atoms with E-state index in [1.54, 1.807) is 22.7 Å². The molecule has 0 amide bonds. The van der Waals surface area contributed by atoms with Gasteiger partial charge in [0.1, 0.15) is 11.9 Å². The number of nitrogens with two attached hydrogens (primary N) is 1. The van der Waals surface area contributed by atoms with Crippen LogP contribution in [0.25, 0.3) is 5.65 Å². The van der Waals surface area contributed by atoms with Gasteiger partial charge in [-0.25, -0.2) is 0 Å². The molecule has 0 saturated carbocycles. The first-order valence-electron chi connectivity index (χ1n) is 4.95. The molecule has 3 N–H and O–H groups in total. The summed E-state index contributed by atoms with van der Waals surface area (Å²) in [7, 11) is 0. The van der Waals surface area contributed by atoms with E-state index < -0.39 is 12.0 Å². The SMILES string of the molecule is CCc1nnc2ccc(C(N)C(=O)O)cn12. The maximum absolute atomic E-state index is 10.8. The Labute approximate surface area is 91.7 Å². The molecule has 2 aromatic heterocycles. The van der Waals surface area contributed by atoms with E-state index in [1.165, 1.54) is 0 Å². The summed E-state index contributed by atoms with van der Waals surface area (Å²) in [5, 5.41) is 16.8. The normalized spacial score (nSPS) is 12.9. The summed E-state index contributed by atoms with van der Waals surface area (Å²) in [5.74, 6) is -0.264. The molecule has 16 heavy (non-hydrogen) atoms. The fraction of sp³-hybridized carbons (Fsp3) is 0.300. The molecule has 0 aliphatic rings. The maximum atomic E-state index is 10.8. The number of carbonyl (C=O) groups is 1. The number of aromatic nitrogens is 3. The van der Waals surface area contributed by atoms with Gasteiger partial charge in [0, 0.05) is 12.6 Å². The van der Waals surface area contributed by atoms with Crippen LogP contribution < -0.4 is 5.73 Å². The van der Waals surface area contributed by atoms with Crippen molar-refractivity contribution in [1.29, 1.82) is 0 Å². The third-order valence-electron chi connectivity index (χ3n) is 2.44. The van der Waals surface area contributed by atoms with Gasteiger partial charge in [0.15, 0.2) is 5.65 Å². The topological polar surface area (TPSA) is 93.5 Å². The van der Waals surface area contributed by atoms with Crippen molar-refractivity contribution < 1.29 is 9.90 Å². The quantitative estimate of drug-likeness (QED) is 0.779. The molecule has 0 spiro atoms. The number of rotatable bonds is 3. The van der Waals surface area contributed by atoms with E-state index in [0.717, 1.165) is 12.2 Å². The molecule has 0 aliphatic carbocycles. The van der Waals surface area contributed by atoms with Crippen LogP contribution in [-0.2, 0) is 11.2 Å². The van der Waals surface area contributed by atoms with Crippen LogP contribution in [0.1, 0.15) is 24.4 Å². The third kappa shape index (κ3) is 1.63. The van der Waals surface area contributed by atoms with Crippen LogP contribution in [0, 0.1) is 0 Å². The standard InChI is InChI=1S/C10H12N4O2/c1-2-7-12-13-8-4-3-6(5-14(7)8)9(11)10(15)16/h3-5,9H,2,11H2,1H3,(H,15,16). The van der Waals surface area contributed by atoms with Crippen molar-refractivity contribution in [3.8, 4) is 0 Å². The van der Waals surface area contributed by atoms with Gasteiger partial charge in [0.05, 0.1) is 0 Å². The maximum Gasteiger partial charge on any atom is 0.325 e. The number of carboxylic acid groups (broad SMARTS) is 1. The number of nitrogens with zero attached hydrogens (tertiary/aromatic N) is 3. The Kier molecular flexibility index (Phi) is 2.57. The molecular formula is C10H12N4O2. The van der Waals surface area contributed by atoms with Gasteiger partial charge in [-0.3, -0.25) is 9.20 Å². The minimum absolute atomic E-state index is 0.537. The predicted octanol–water partition coefficient (Wildman–Crippen LogP) is 0.376. The van der Waals surface area contributed by atoms with Gasteiger partial charge in [-0.2, -0.15) is 0 Å². The first-order chi connectivity index (χ1) is 7.63. The molecule has 0 fully saturated rings. The zero-order valence-corrected chi connectivity index (χ0v) is 8.79. The summed E-state index contributed by atoms with van der Waals surface area (Å²) >= 11 is 0. The molecule has 0 bridgehead atoms. The minimum Gasteiger partial charge on any atom is -0.480 e. The first-order valence-corrected chi connectivity index (χ1v) is 4.95. The Morgan fingerprint density at radius 1 is 1.56 bits per heavy atom. The molecule has 2 aromatic rings. The van der Waals surface area contributed by atoms with Crippen LogP contribution in [0.2, 0.25) is 0 Å². The average molecular weight is 220 g/mol. The molecule has 2 heterocycles. The molecule has 1 unspecified atom stereocenters. The highest BCUT2D eigenvalue weighted by Gasteiger charge is 2.15. The minimum atomic E-state index is -1.05. The van der Waals surface area contributed by atoms with E-state index in [1.807, 2.05) is 6.92 Å². The van der Waals surface area contributed by atoms with Crippen molar-refractivity contribution in [2.45, 2.75) is 19.4 Å². The second-order valence-corrected chi connectivity index (χ2v) is 3.48. The second kappa shape index (κ2) is 3.90. The Bertz CT molecular complexity index is 535. The second-order valence-electron chi connectivity index (χ2n) is 3.48. The number of aliphatic carboxylic acids is 1. The Morgan fingerprint density at radius 2 is 2.31 bits per heavy atom. The van der Waals surface area contributed by atoms with Crippen molar-refractivity contribution in [3.63, 3.8) is 0 Å². The van der Waals surface area contributed by atoms with Crippen LogP contribution in [-0.4, -0.2) is 25.7 Å². The molecule has 0 radical (unpaired) electrons. The molecule has 1 atom stereocenters. The largest absolute Gasteiger partial charge is 0.480 e. The lowest BCUT2D eigenvalue weighted by molar-refractivity contribution is -0.138. The van der Waals surface area contributed by atoms with Crippen LogP contribution >= 0.6 is 0 Å². The summed E-state index contributed by atoms with van der Waals surface area (Å²) < 4.78 is 1.76. The van der Waals surface area contributed by atoms with Crippen LogP contribution in [0.5, 0.6) is 0 Å². The van der Waals surface area contributed by atoms with Gasteiger partial charge >= 0.3 is 5.97 Å². The zero-order valence-electron chi connectivity index (χ0n) is 8.79. The zero-order chi connectivity index (χ0) is 11.7. The van der Waals surface area contributed by atoms with Crippen molar-refractivity contribution in [2.24, 2.45) is 5.73 Å². The molecule has 6 nitrogen and oxygen atoms in total. The van der Waals surface area contributed by atoms with E-state index in [4.69, 9.17) is 10.8 Å². The fourth-order valence-electron chi connectivity index (χ4n) is 1.52. The monoisotopic (exact) mass is 220 g/mol. The van der Waals surface area contributed by atoms with Crippen LogP contribution in [0.3, 0.4) is 0 Å². The van der Waals surface area contributed by atoms with Crippen molar-refractivity contribution in [3.05, 3.63) is 29.7 Å². The highest BCUT2D eigenvalue weighted by molar-refractivity contribution is 5.75. The number of aryl methyl sites for hydroxylation is 1. The van der Waals surface area contributed by atoms with Crippen LogP contribution in [0.4, 0.5) is 0 Å². The first kappa shape index (κ1) is 10.6. The number of carboxylic acids is 1. The lowest BCUT2D eigenvalue weighted by atomic mass is 10.1. The molecule has 0 aliphatic heterocycles. The van der Waals surface area contributed by atoms with E-state index in [9.17, 15) is 4.79 Å². The molecule has 0 saturated heterocycles. The molecular weight excluding hydrogens is 208 g/mol. The molecule has 2 rings (SSSR count). The lowest BCUT2D eigenvalue weighted by Crippen LogP contribution is -2.21. The summed E-state index contributed by atoms with van der Waals surface area (Å²) in [4.78, 5) is 10.8. The van der Waals surface area contributed by atoms with Gasteiger partial charge < -0.3 is 10.8 Å². The van der Waals surface area contributed by atoms with Crippen molar-refractivity contribution in [2.75, 3.05) is 0 Å². The predicted molar refractivity (Wildman–Crippen MR) is 56.9 cm³/mol. The highest BCUT2D eigenvalue weighted by atomic mass is 16.4.